The Morgan fingerprint density at radius 2 is 2.21 bits per heavy atom. The van der Waals surface area contributed by atoms with Crippen molar-refractivity contribution >= 4 is 11.6 Å². The molecular formula is C10H12ClFO2. The van der Waals surface area contributed by atoms with Crippen LogP contribution in [0.4, 0.5) is 4.39 Å². The molecule has 0 saturated carbocycles. The molecule has 0 aliphatic rings. The van der Waals surface area contributed by atoms with Gasteiger partial charge in [0, 0.05) is 6.61 Å². The first-order chi connectivity index (χ1) is 6.69. The molecule has 1 rings (SSSR count). The van der Waals surface area contributed by atoms with E-state index in [2.05, 4.69) is 0 Å². The molecule has 0 aliphatic carbocycles. The molecule has 0 unspecified atom stereocenters. The highest BCUT2D eigenvalue weighted by Crippen LogP contribution is 2.28. The highest BCUT2D eigenvalue weighted by molar-refractivity contribution is 6.32. The fraction of sp³-hybridized carbons (Fsp3) is 0.400. The zero-order valence-corrected chi connectivity index (χ0v) is 8.64. The van der Waals surface area contributed by atoms with Crippen molar-refractivity contribution in [1.29, 1.82) is 0 Å². The zero-order chi connectivity index (χ0) is 10.6. The highest BCUT2D eigenvalue weighted by Gasteiger charge is 2.08. The molecule has 1 aromatic carbocycles. The lowest BCUT2D eigenvalue weighted by molar-refractivity contribution is 0.288. The number of aliphatic hydroxyl groups excluding tert-OH is 1. The summed E-state index contributed by atoms with van der Waals surface area (Å²) in [6.07, 6.45) is 1.21. The third kappa shape index (κ3) is 2.59. The molecule has 0 bridgehead atoms. The predicted molar refractivity (Wildman–Crippen MR) is 53.4 cm³/mol. The third-order valence-electron chi connectivity index (χ3n) is 1.90. The summed E-state index contributed by atoms with van der Waals surface area (Å²) in [5.41, 5.74) is 0.776. The number of hydrogen-bond donors (Lipinski definition) is 1. The van der Waals surface area contributed by atoms with Gasteiger partial charge in [0.25, 0.3) is 0 Å². The molecule has 0 aromatic heterocycles. The fourth-order valence-corrected chi connectivity index (χ4v) is 1.38. The van der Waals surface area contributed by atoms with E-state index in [0.717, 1.165) is 5.56 Å². The number of benzene rings is 1. The largest absolute Gasteiger partial charge is 0.495 e. The first kappa shape index (κ1) is 11.3. The standard InChI is InChI=1S/C10H12ClFO2/c1-14-9-6-7(3-2-4-13)5-8(12)10(9)11/h5-6,13H,2-4H2,1H3. The van der Waals surface area contributed by atoms with Crippen LogP contribution >= 0.6 is 11.6 Å². The first-order valence-electron chi connectivity index (χ1n) is 4.31. The lowest BCUT2D eigenvalue weighted by atomic mass is 10.1. The van der Waals surface area contributed by atoms with Crippen molar-refractivity contribution in [1.82, 2.24) is 0 Å². The Morgan fingerprint density at radius 3 is 2.79 bits per heavy atom. The summed E-state index contributed by atoms with van der Waals surface area (Å²) in [7, 11) is 1.44. The zero-order valence-electron chi connectivity index (χ0n) is 7.89. The lowest BCUT2D eigenvalue weighted by Crippen LogP contribution is -1.94. The molecule has 1 N–H and O–H groups in total. The second-order valence-corrected chi connectivity index (χ2v) is 3.30. The second-order valence-electron chi connectivity index (χ2n) is 2.92. The molecule has 0 amide bonds. The number of ether oxygens (including phenoxy) is 1. The number of rotatable bonds is 4. The number of aliphatic hydroxyl groups is 1. The fourth-order valence-electron chi connectivity index (χ4n) is 1.19. The van der Waals surface area contributed by atoms with Gasteiger partial charge in [0.05, 0.1) is 7.11 Å². The molecule has 0 atom stereocenters. The van der Waals surface area contributed by atoms with Gasteiger partial charge in [-0.2, -0.15) is 0 Å². The van der Waals surface area contributed by atoms with E-state index in [1.54, 1.807) is 6.07 Å². The number of aryl methyl sites for hydroxylation is 1. The SMILES string of the molecule is COc1cc(CCCO)cc(F)c1Cl. The summed E-state index contributed by atoms with van der Waals surface area (Å²) in [5, 5.41) is 8.63. The minimum absolute atomic E-state index is 0.000230. The normalized spacial score (nSPS) is 10.3. The quantitative estimate of drug-likeness (QED) is 0.841. The van der Waals surface area contributed by atoms with Crippen LogP contribution in [-0.2, 0) is 6.42 Å². The molecule has 14 heavy (non-hydrogen) atoms. The van der Waals surface area contributed by atoms with E-state index in [0.29, 0.717) is 18.6 Å². The maximum Gasteiger partial charge on any atom is 0.145 e. The van der Waals surface area contributed by atoms with Crippen LogP contribution in [0.1, 0.15) is 12.0 Å². The van der Waals surface area contributed by atoms with E-state index in [4.69, 9.17) is 21.4 Å². The maximum absolute atomic E-state index is 13.2. The number of hydrogen-bond acceptors (Lipinski definition) is 2. The van der Waals surface area contributed by atoms with Crippen molar-refractivity contribution < 1.29 is 14.2 Å². The van der Waals surface area contributed by atoms with Crippen molar-refractivity contribution in [3.05, 3.63) is 28.5 Å². The Hall–Kier alpha value is -0.800. The molecule has 0 spiro atoms. The Balaban J connectivity index is 2.91. The van der Waals surface area contributed by atoms with Gasteiger partial charge >= 0.3 is 0 Å². The maximum atomic E-state index is 13.2. The van der Waals surface area contributed by atoms with Crippen molar-refractivity contribution in [2.75, 3.05) is 13.7 Å². The summed E-state index contributed by atoms with van der Waals surface area (Å²) in [6.45, 7) is 0.0898. The summed E-state index contributed by atoms with van der Waals surface area (Å²) < 4.78 is 18.1. The topological polar surface area (TPSA) is 29.5 Å². The smallest absolute Gasteiger partial charge is 0.145 e. The van der Waals surface area contributed by atoms with Crippen LogP contribution in [0, 0.1) is 5.82 Å². The van der Waals surface area contributed by atoms with E-state index in [1.165, 1.54) is 13.2 Å². The van der Waals surface area contributed by atoms with Crippen molar-refractivity contribution in [2.45, 2.75) is 12.8 Å². The Morgan fingerprint density at radius 1 is 1.50 bits per heavy atom. The van der Waals surface area contributed by atoms with Gasteiger partial charge in [-0.05, 0) is 30.5 Å². The first-order valence-corrected chi connectivity index (χ1v) is 4.69. The molecule has 78 valence electrons. The van der Waals surface area contributed by atoms with E-state index < -0.39 is 5.82 Å². The molecule has 0 heterocycles. The number of methoxy groups -OCH3 is 1. The van der Waals surface area contributed by atoms with Crippen LogP contribution in [0.15, 0.2) is 12.1 Å². The van der Waals surface area contributed by atoms with Crippen LogP contribution < -0.4 is 4.74 Å². The van der Waals surface area contributed by atoms with Gasteiger partial charge in [-0.15, -0.1) is 0 Å². The summed E-state index contributed by atoms with van der Waals surface area (Å²) in [6, 6.07) is 3.04. The van der Waals surface area contributed by atoms with E-state index in [-0.39, 0.29) is 11.6 Å². The Bertz CT molecular complexity index is 315. The molecule has 0 fully saturated rings. The van der Waals surface area contributed by atoms with E-state index in [1.807, 2.05) is 0 Å². The Labute approximate surface area is 87.3 Å². The Kier molecular flexibility index (Phi) is 4.17. The summed E-state index contributed by atoms with van der Waals surface area (Å²) in [4.78, 5) is 0. The van der Waals surface area contributed by atoms with Crippen LogP contribution in [0.2, 0.25) is 5.02 Å². The van der Waals surface area contributed by atoms with Gasteiger partial charge in [0.15, 0.2) is 0 Å². The van der Waals surface area contributed by atoms with Gasteiger partial charge in [-0.25, -0.2) is 4.39 Å². The molecule has 2 nitrogen and oxygen atoms in total. The molecule has 0 aliphatic heterocycles. The number of halogens is 2. The lowest BCUT2D eigenvalue weighted by Gasteiger charge is -2.07. The van der Waals surface area contributed by atoms with Crippen LogP contribution in [0.5, 0.6) is 5.75 Å². The predicted octanol–water partition coefficient (Wildman–Crippen LogP) is 2.41. The minimum Gasteiger partial charge on any atom is -0.495 e. The van der Waals surface area contributed by atoms with Gasteiger partial charge in [0.2, 0.25) is 0 Å². The average molecular weight is 219 g/mol. The molecular weight excluding hydrogens is 207 g/mol. The summed E-state index contributed by atoms with van der Waals surface area (Å²) >= 11 is 5.65. The van der Waals surface area contributed by atoms with Gasteiger partial charge in [-0.1, -0.05) is 11.6 Å². The summed E-state index contributed by atoms with van der Waals surface area (Å²) in [5.74, 6) is -0.154. The van der Waals surface area contributed by atoms with Crippen molar-refractivity contribution in [3.8, 4) is 5.75 Å². The minimum atomic E-state index is -0.487. The van der Waals surface area contributed by atoms with Crippen LogP contribution in [0.25, 0.3) is 0 Å². The van der Waals surface area contributed by atoms with Gasteiger partial charge in [0.1, 0.15) is 16.6 Å². The van der Waals surface area contributed by atoms with Gasteiger partial charge < -0.3 is 9.84 Å². The molecule has 1 aromatic rings. The molecule has 0 radical (unpaired) electrons. The monoisotopic (exact) mass is 218 g/mol. The van der Waals surface area contributed by atoms with Crippen molar-refractivity contribution in [3.63, 3.8) is 0 Å². The average Bonchev–Trinajstić information content (AvgIpc) is 2.19. The highest BCUT2D eigenvalue weighted by atomic mass is 35.5. The second kappa shape index (κ2) is 5.17. The van der Waals surface area contributed by atoms with E-state index >= 15 is 0 Å². The molecule has 0 saturated heterocycles. The third-order valence-corrected chi connectivity index (χ3v) is 2.26. The van der Waals surface area contributed by atoms with Crippen molar-refractivity contribution in [2.24, 2.45) is 0 Å². The van der Waals surface area contributed by atoms with Crippen LogP contribution in [-0.4, -0.2) is 18.8 Å². The molecule has 4 heteroatoms. The van der Waals surface area contributed by atoms with E-state index in [9.17, 15) is 4.39 Å². The van der Waals surface area contributed by atoms with Gasteiger partial charge in [-0.3, -0.25) is 0 Å². The van der Waals surface area contributed by atoms with Crippen LogP contribution in [0.3, 0.4) is 0 Å².